The van der Waals surface area contributed by atoms with Crippen LogP contribution in [-0.4, -0.2) is 40.7 Å². The maximum absolute atomic E-state index is 6.27. The van der Waals surface area contributed by atoms with E-state index in [0.717, 1.165) is 35.7 Å². The van der Waals surface area contributed by atoms with Crippen molar-refractivity contribution in [1.29, 1.82) is 0 Å². The molecule has 1 spiro atoms. The van der Waals surface area contributed by atoms with Gasteiger partial charge < -0.3 is 9.47 Å². The lowest BCUT2D eigenvalue weighted by Crippen LogP contribution is -2.59. The van der Waals surface area contributed by atoms with Gasteiger partial charge in [0.1, 0.15) is 0 Å². The van der Waals surface area contributed by atoms with Gasteiger partial charge in [-0.3, -0.25) is 0 Å². The zero-order valence-corrected chi connectivity index (χ0v) is 11.4. The molecule has 2 aromatic carbocycles. The van der Waals surface area contributed by atoms with Crippen molar-refractivity contribution in [2.45, 2.75) is 6.03 Å². The zero-order chi connectivity index (χ0) is 13.9. The highest BCUT2D eigenvalue weighted by atomic mass is 16.7. The van der Waals surface area contributed by atoms with Crippen LogP contribution in [0.5, 0.6) is 11.5 Å². The van der Waals surface area contributed by atoms with Crippen LogP contribution in [0.25, 0.3) is 0 Å². The Bertz CT molecular complexity index is 754. The molecule has 4 heteroatoms. The van der Waals surface area contributed by atoms with E-state index in [1.165, 1.54) is 0 Å². The van der Waals surface area contributed by atoms with Gasteiger partial charge in [-0.25, -0.2) is 0 Å². The molecule has 1 saturated heterocycles. The van der Waals surface area contributed by atoms with E-state index in [0.29, 0.717) is 0 Å². The van der Waals surface area contributed by atoms with Crippen LogP contribution in [0.1, 0.15) is 11.1 Å². The maximum atomic E-state index is 6.27. The van der Waals surface area contributed by atoms with Gasteiger partial charge in [0.15, 0.2) is 23.9 Å². The topological polar surface area (TPSA) is 24.5 Å². The van der Waals surface area contributed by atoms with Gasteiger partial charge in [0.25, 0.3) is 0 Å². The Labute approximate surface area is 122 Å². The molecule has 1 fully saturated rings. The van der Waals surface area contributed by atoms with Gasteiger partial charge in [0.2, 0.25) is 13.1 Å². The number of nitrogens with zero attached hydrogens (tertiary/aromatic N) is 2. The molecule has 0 aromatic heterocycles. The normalized spacial score (nSPS) is 19.8. The van der Waals surface area contributed by atoms with Crippen LogP contribution < -0.4 is 9.47 Å². The number of hydrogen-bond acceptors (Lipinski definition) is 2. The fraction of sp³-hybridized carbons (Fsp3) is 0.176. The van der Waals surface area contributed by atoms with Crippen LogP contribution >= 0.6 is 0 Å². The van der Waals surface area contributed by atoms with Crippen molar-refractivity contribution in [2.75, 3.05) is 13.1 Å². The summed E-state index contributed by atoms with van der Waals surface area (Å²) < 4.78 is 16.8. The number of hydrogen-bond donors (Lipinski definition) is 0. The summed E-state index contributed by atoms with van der Waals surface area (Å²) in [4.78, 5) is 0. The summed E-state index contributed by atoms with van der Waals surface area (Å²) in [5.41, 5.74) is 2.18. The number of para-hydroxylation sites is 2. The van der Waals surface area contributed by atoms with E-state index in [9.17, 15) is 0 Å². The van der Waals surface area contributed by atoms with Crippen molar-refractivity contribution in [3.63, 3.8) is 0 Å². The molecular formula is C17H14N2O2+2. The summed E-state index contributed by atoms with van der Waals surface area (Å²) in [6.07, 6.45) is 4.25. The maximum Gasteiger partial charge on any atom is 0.704 e. The molecule has 0 aliphatic carbocycles. The van der Waals surface area contributed by atoms with Gasteiger partial charge >= 0.3 is 6.03 Å². The smallest absolute Gasteiger partial charge is 0.341 e. The van der Waals surface area contributed by atoms with Crippen LogP contribution in [-0.2, 0) is 0 Å². The first-order valence-corrected chi connectivity index (χ1v) is 7.14. The van der Waals surface area contributed by atoms with Gasteiger partial charge in [0.05, 0.1) is 11.1 Å². The van der Waals surface area contributed by atoms with E-state index < -0.39 is 6.03 Å². The van der Waals surface area contributed by atoms with Crippen molar-refractivity contribution in [1.82, 2.24) is 0 Å². The Morgan fingerprint density at radius 3 is 1.71 bits per heavy atom. The molecule has 102 valence electrons. The molecule has 3 aliphatic heterocycles. The highest BCUT2D eigenvalue weighted by Crippen LogP contribution is 2.36. The quantitative estimate of drug-likeness (QED) is 0.685. The minimum Gasteiger partial charge on any atom is -0.341 e. The van der Waals surface area contributed by atoms with Crippen LogP contribution in [0.4, 0.5) is 0 Å². The average Bonchev–Trinajstić information content (AvgIpc) is 2.87. The summed E-state index contributed by atoms with van der Waals surface area (Å²) in [7, 11) is 0. The van der Waals surface area contributed by atoms with Crippen molar-refractivity contribution >= 4 is 12.4 Å². The van der Waals surface area contributed by atoms with Crippen molar-refractivity contribution in [3.8, 4) is 11.5 Å². The van der Waals surface area contributed by atoms with Crippen LogP contribution in [0.3, 0.4) is 0 Å². The van der Waals surface area contributed by atoms with Crippen LogP contribution in [0, 0.1) is 0 Å². The van der Waals surface area contributed by atoms with Gasteiger partial charge in [-0.1, -0.05) is 33.4 Å². The molecular weight excluding hydrogens is 264 g/mol. The minimum atomic E-state index is -0.872. The van der Waals surface area contributed by atoms with E-state index in [1.807, 2.05) is 36.4 Å². The Balaban J connectivity index is 1.72. The van der Waals surface area contributed by atoms with E-state index >= 15 is 0 Å². The standard InChI is InChI=1S/C17H14N2O2/c1-3-7-15-13(5-1)11-18-9-10-19-12-14-6-2-4-8-16(14)21-17(18,19)20-15/h1-8,11-12H,9-10H2/q+2. The molecule has 3 aliphatic rings. The Hall–Kier alpha value is -2.62. The fourth-order valence-corrected chi connectivity index (χ4v) is 3.19. The number of ether oxygens (including phenoxy) is 2. The molecule has 0 bridgehead atoms. The SMILES string of the molecule is C1=[N+]2CC[N+]3=Cc4ccccc4OC23Oc2ccccc21. The summed E-state index contributed by atoms with van der Waals surface area (Å²) >= 11 is 0. The van der Waals surface area contributed by atoms with Gasteiger partial charge in [0, 0.05) is 0 Å². The third-order valence-corrected chi connectivity index (χ3v) is 4.22. The summed E-state index contributed by atoms with van der Waals surface area (Å²) in [6.45, 7) is 1.75. The van der Waals surface area contributed by atoms with Gasteiger partial charge in [-0.2, -0.15) is 0 Å². The molecule has 0 atom stereocenters. The summed E-state index contributed by atoms with van der Waals surface area (Å²) in [5.74, 6) is 1.71. The highest BCUT2D eigenvalue weighted by molar-refractivity contribution is 5.82. The predicted octanol–water partition coefficient (Wildman–Crippen LogP) is 1.66. The monoisotopic (exact) mass is 278 g/mol. The molecule has 0 N–H and O–H groups in total. The summed E-state index contributed by atoms with van der Waals surface area (Å²) in [6, 6.07) is 15.2. The first-order valence-electron chi connectivity index (χ1n) is 7.14. The molecule has 21 heavy (non-hydrogen) atoms. The Morgan fingerprint density at radius 1 is 0.714 bits per heavy atom. The Kier molecular flexibility index (Phi) is 1.97. The fourth-order valence-electron chi connectivity index (χ4n) is 3.19. The molecule has 3 heterocycles. The summed E-state index contributed by atoms with van der Waals surface area (Å²) in [5, 5.41) is 0. The van der Waals surface area contributed by atoms with Gasteiger partial charge in [-0.15, -0.1) is 0 Å². The molecule has 4 nitrogen and oxygen atoms in total. The second kappa shape index (κ2) is 3.73. The van der Waals surface area contributed by atoms with E-state index in [2.05, 4.69) is 33.7 Å². The first kappa shape index (κ1) is 11.1. The lowest BCUT2D eigenvalue weighted by molar-refractivity contribution is -0.855. The van der Waals surface area contributed by atoms with Crippen molar-refractivity contribution in [3.05, 3.63) is 59.7 Å². The molecule has 2 aromatic rings. The number of fused-ring (bicyclic) bond motifs is 2. The lowest BCUT2D eigenvalue weighted by Gasteiger charge is -2.26. The molecule has 0 unspecified atom stereocenters. The molecule has 0 radical (unpaired) electrons. The van der Waals surface area contributed by atoms with Crippen LogP contribution in [0.2, 0.25) is 0 Å². The van der Waals surface area contributed by atoms with Crippen molar-refractivity contribution < 1.29 is 18.6 Å². The van der Waals surface area contributed by atoms with E-state index in [-0.39, 0.29) is 0 Å². The lowest BCUT2D eigenvalue weighted by atomic mass is 10.2. The Morgan fingerprint density at radius 2 is 1.19 bits per heavy atom. The zero-order valence-electron chi connectivity index (χ0n) is 11.4. The third-order valence-electron chi connectivity index (χ3n) is 4.22. The number of benzene rings is 2. The predicted molar refractivity (Wildman–Crippen MR) is 77.5 cm³/mol. The molecule has 0 amide bonds. The average molecular weight is 278 g/mol. The van der Waals surface area contributed by atoms with Crippen molar-refractivity contribution in [2.24, 2.45) is 0 Å². The van der Waals surface area contributed by atoms with Crippen LogP contribution in [0.15, 0.2) is 48.5 Å². The minimum absolute atomic E-state index is 0.855. The highest BCUT2D eigenvalue weighted by Gasteiger charge is 2.68. The second-order valence-corrected chi connectivity index (χ2v) is 5.47. The van der Waals surface area contributed by atoms with E-state index in [4.69, 9.17) is 9.47 Å². The third kappa shape index (κ3) is 1.39. The largest absolute Gasteiger partial charge is 0.704 e. The first-order chi connectivity index (χ1) is 10.4. The molecule has 5 rings (SSSR count). The second-order valence-electron chi connectivity index (χ2n) is 5.47. The number of rotatable bonds is 0. The van der Waals surface area contributed by atoms with E-state index in [1.54, 1.807) is 0 Å². The van der Waals surface area contributed by atoms with Gasteiger partial charge in [-0.05, 0) is 24.3 Å². The molecule has 0 saturated carbocycles.